The minimum Gasteiger partial charge on any atom is -0.481 e. The minimum absolute atomic E-state index is 0.0973. The summed E-state index contributed by atoms with van der Waals surface area (Å²) < 4.78 is 0. The van der Waals surface area contributed by atoms with Crippen LogP contribution in [0.2, 0.25) is 0 Å². The summed E-state index contributed by atoms with van der Waals surface area (Å²) in [6, 6.07) is -0.642. The van der Waals surface area contributed by atoms with E-state index in [2.05, 4.69) is 5.32 Å². The normalized spacial score (nSPS) is 15.7. The largest absolute Gasteiger partial charge is 0.481 e. The fourth-order valence-electron chi connectivity index (χ4n) is 1.71. The maximum Gasteiger partial charge on any atom is 0.308 e. The van der Waals surface area contributed by atoms with Crippen molar-refractivity contribution >= 4 is 11.9 Å². The standard InChI is InChI=1S/C14H28N2O3/c1-13(2,3)7-9(12(18)19)8-16-11(17)10(15)14(4,5)6/h9-10H,7-8,15H2,1-6H3,(H,16,17)(H,18,19)/t9?,10-/m1/s1. The van der Waals surface area contributed by atoms with E-state index in [1.807, 2.05) is 41.5 Å². The van der Waals surface area contributed by atoms with Crippen LogP contribution in [0.4, 0.5) is 0 Å². The van der Waals surface area contributed by atoms with Gasteiger partial charge in [-0.05, 0) is 17.3 Å². The molecule has 0 radical (unpaired) electrons. The van der Waals surface area contributed by atoms with Gasteiger partial charge in [0.05, 0.1) is 12.0 Å². The van der Waals surface area contributed by atoms with Crippen LogP contribution in [0, 0.1) is 16.7 Å². The number of carboxylic acids is 1. The first kappa shape index (κ1) is 17.9. The molecule has 112 valence electrons. The van der Waals surface area contributed by atoms with Crippen molar-refractivity contribution < 1.29 is 14.7 Å². The van der Waals surface area contributed by atoms with E-state index >= 15 is 0 Å². The number of carbonyl (C=O) groups is 2. The van der Waals surface area contributed by atoms with E-state index in [9.17, 15) is 9.59 Å². The lowest BCUT2D eigenvalue weighted by Crippen LogP contribution is -2.50. The third-order valence-corrected chi connectivity index (χ3v) is 2.95. The summed E-state index contributed by atoms with van der Waals surface area (Å²) >= 11 is 0. The Balaban J connectivity index is 4.50. The van der Waals surface area contributed by atoms with Crippen LogP contribution >= 0.6 is 0 Å². The van der Waals surface area contributed by atoms with Gasteiger partial charge in [-0.25, -0.2) is 0 Å². The second kappa shape index (κ2) is 6.37. The molecule has 0 rings (SSSR count). The number of carbonyl (C=O) groups excluding carboxylic acids is 1. The number of rotatable bonds is 5. The van der Waals surface area contributed by atoms with Crippen LogP contribution in [0.25, 0.3) is 0 Å². The van der Waals surface area contributed by atoms with Crippen molar-refractivity contribution in [2.24, 2.45) is 22.5 Å². The molecule has 0 aliphatic carbocycles. The Morgan fingerprint density at radius 2 is 1.63 bits per heavy atom. The van der Waals surface area contributed by atoms with Gasteiger partial charge in [0.2, 0.25) is 5.91 Å². The molecule has 0 aromatic heterocycles. The van der Waals surface area contributed by atoms with Crippen LogP contribution in [0.1, 0.15) is 48.0 Å². The average molecular weight is 272 g/mol. The SMILES string of the molecule is CC(C)(C)CC(CNC(=O)[C@@H](N)C(C)(C)C)C(=O)O. The molecule has 0 aromatic rings. The number of amides is 1. The Hall–Kier alpha value is -1.10. The molecule has 0 heterocycles. The van der Waals surface area contributed by atoms with Gasteiger partial charge in [0.1, 0.15) is 0 Å². The second-order valence-electron chi connectivity index (χ2n) is 7.39. The summed E-state index contributed by atoms with van der Waals surface area (Å²) in [5, 5.41) is 11.8. The zero-order valence-corrected chi connectivity index (χ0v) is 12.9. The number of hydrogen-bond donors (Lipinski definition) is 3. The van der Waals surface area contributed by atoms with E-state index in [4.69, 9.17) is 10.8 Å². The van der Waals surface area contributed by atoms with Crippen molar-refractivity contribution in [2.75, 3.05) is 6.54 Å². The van der Waals surface area contributed by atoms with Crippen molar-refractivity contribution in [1.82, 2.24) is 5.32 Å². The predicted molar refractivity (Wildman–Crippen MR) is 75.6 cm³/mol. The minimum atomic E-state index is -0.889. The molecule has 0 aliphatic rings. The van der Waals surface area contributed by atoms with Crippen molar-refractivity contribution in [3.63, 3.8) is 0 Å². The van der Waals surface area contributed by atoms with Crippen molar-refractivity contribution in [1.29, 1.82) is 0 Å². The number of aliphatic carboxylic acids is 1. The number of nitrogens with two attached hydrogens (primary N) is 1. The molecule has 0 aromatic carbocycles. The molecule has 2 atom stereocenters. The molecule has 0 saturated heterocycles. The Kier molecular flexibility index (Phi) is 6.00. The van der Waals surface area contributed by atoms with Crippen LogP contribution in [0.15, 0.2) is 0 Å². The third-order valence-electron chi connectivity index (χ3n) is 2.95. The lowest BCUT2D eigenvalue weighted by molar-refractivity contribution is -0.142. The Bertz CT molecular complexity index is 327. The predicted octanol–water partition coefficient (Wildman–Crippen LogP) is 1.61. The van der Waals surface area contributed by atoms with Gasteiger partial charge in [0.15, 0.2) is 0 Å². The number of carboxylic acid groups (broad SMARTS) is 1. The first-order valence-electron chi connectivity index (χ1n) is 6.60. The van der Waals surface area contributed by atoms with Gasteiger partial charge in [-0.1, -0.05) is 41.5 Å². The molecule has 0 saturated carbocycles. The van der Waals surface area contributed by atoms with E-state index in [1.165, 1.54) is 0 Å². The maximum atomic E-state index is 11.9. The third kappa shape index (κ3) is 7.15. The fraction of sp³-hybridized carbons (Fsp3) is 0.857. The summed E-state index contributed by atoms with van der Waals surface area (Å²) in [5.41, 5.74) is 5.39. The number of hydrogen-bond acceptors (Lipinski definition) is 3. The van der Waals surface area contributed by atoms with Gasteiger partial charge in [-0.2, -0.15) is 0 Å². The average Bonchev–Trinajstić information content (AvgIpc) is 2.19. The molecule has 19 heavy (non-hydrogen) atoms. The molecule has 4 N–H and O–H groups in total. The molecule has 0 spiro atoms. The molecular formula is C14H28N2O3. The van der Waals surface area contributed by atoms with Gasteiger partial charge >= 0.3 is 5.97 Å². The summed E-state index contributed by atoms with van der Waals surface area (Å²) in [5.74, 6) is -1.77. The van der Waals surface area contributed by atoms with E-state index in [-0.39, 0.29) is 23.3 Å². The molecule has 5 heteroatoms. The summed E-state index contributed by atoms with van der Waals surface area (Å²) in [7, 11) is 0. The number of nitrogens with one attached hydrogen (secondary N) is 1. The molecule has 1 unspecified atom stereocenters. The van der Waals surface area contributed by atoms with Gasteiger partial charge in [-0.3, -0.25) is 9.59 Å². The van der Waals surface area contributed by atoms with Crippen molar-refractivity contribution in [3.8, 4) is 0 Å². The summed E-state index contributed by atoms with van der Waals surface area (Å²) in [6.07, 6.45) is 0.507. The molecule has 0 aliphatic heterocycles. The Labute approximate surface area is 115 Å². The summed E-state index contributed by atoms with van der Waals surface area (Å²) in [6.45, 7) is 11.7. The van der Waals surface area contributed by atoms with Crippen molar-refractivity contribution in [3.05, 3.63) is 0 Å². The van der Waals surface area contributed by atoms with E-state index in [1.54, 1.807) is 0 Å². The monoisotopic (exact) mass is 272 g/mol. The first-order valence-corrected chi connectivity index (χ1v) is 6.60. The highest BCUT2D eigenvalue weighted by Gasteiger charge is 2.29. The molecule has 5 nitrogen and oxygen atoms in total. The molecular weight excluding hydrogens is 244 g/mol. The van der Waals surface area contributed by atoms with Crippen LogP contribution < -0.4 is 11.1 Å². The molecule has 0 bridgehead atoms. The zero-order valence-electron chi connectivity index (χ0n) is 12.9. The fourth-order valence-corrected chi connectivity index (χ4v) is 1.71. The topological polar surface area (TPSA) is 92.4 Å². The molecule has 1 amide bonds. The lowest BCUT2D eigenvalue weighted by atomic mass is 9.84. The highest BCUT2D eigenvalue weighted by Crippen LogP contribution is 2.24. The van der Waals surface area contributed by atoms with Crippen LogP contribution in [0.3, 0.4) is 0 Å². The van der Waals surface area contributed by atoms with Crippen LogP contribution in [-0.4, -0.2) is 29.6 Å². The van der Waals surface area contributed by atoms with Crippen molar-refractivity contribution in [2.45, 2.75) is 54.0 Å². The van der Waals surface area contributed by atoms with E-state index in [0.717, 1.165) is 0 Å². The zero-order chi connectivity index (χ0) is 15.4. The first-order chi connectivity index (χ1) is 8.34. The Morgan fingerprint density at radius 1 is 1.16 bits per heavy atom. The lowest BCUT2D eigenvalue weighted by Gasteiger charge is -2.27. The van der Waals surface area contributed by atoms with Gasteiger partial charge in [-0.15, -0.1) is 0 Å². The highest BCUT2D eigenvalue weighted by molar-refractivity contribution is 5.83. The quantitative estimate of drug-likeness (QED) is 0.709. The van der Waals surface area contributed by atoms with Crippen LogP contribution in [0.5, 0.6) is 0 Å². The van der Waals surface area contributed by atoms with Gasteiger partial charge in [0.25, 0.3) is 0 Å². The smallest absolute Gasteiger partial charge is 0.308 e. The van der Waals surface area contributed by atoms with Crippen LogP contribution in [-0.2, 0) is 9.59 Å². The summed E-state index contributed by atoms with van der Waals surface area (Å²) in [4.78, 5) is 23.0. The van der Waals surface area contributed by atoms with E-state index < -0.39 is 17.9 Å². The van der Waals surface area contributed by atoms with E-state index in [0.29, 0.717) is 6.42 Å². The highest BCUT2D eigenvalue weighted by atomic mass is 16.4. The Morgan fingerprint density at radius 3 is 1.95 bits per heavy atom. The molecule has 0 fully saturated rings. The second-order valence-corrected chi connectivity index (χ2v) is 7.39. The van der Waals surface area contributed by atoms with Gasteiger partial charge in [0, 0.05) is 6.54 Å². The van der Waals surface area contributed by atoms with Gasteiger partial charge < -0.3 is 16.2 Å². The maximum absolute atomic E-state index is 11.9.